The van der Waals surface area contributed by atoms with Gasteiger partial charge in [0.1, 0.15) is 11.9 Å². The molecule has 0 N–H and O–H groups in total. The minimum atomic E-state index is -0.384. The smallest absolute Gasteiger partial charge is 0.333 e. The summed E-state index contributed by atoms with van der Waals surface area (Å²) in [5.41, 5.74) is 2.24. The topological polar surface area (TPSA) is 51.7 Å². The summed E-state index contributed by atoms with van der Waals surface area (Å²) in [4.78, 5) is 19.5. The molecule has 3 aliphatic rings. The van der Waals surface area contributed by atoms with E-state index in [9.17, 15) is 4.79 Å². The molecular weight excluding hydrogens is 364 g/mol. The molecule has 0 spiro atoms. The second kappa shape index (κ2) is 7.99. The number of methoxy groups -OCH3 is 1. The van der Waals surface area contributed by atoms with Gasteiger partial charge in [-0.1, -0.05) is 12.7 Å². The van der Waals surface area contributed by atoms with Crippen molar-refractivity contribution >= 4 is 16.9 Å². The molecule has 1 aromatic heterocycles. The lowest BCUT2D eigenvalue weighted by Crippen LogP contribution is -2.55. The van der Waals surface area contributed by atoms with Crippen molar-refractivity contribution in [1.82, 2.24) is 9.88 Å². The average Bonchev–Trinajstić information content (AvgIpc) is 2.76. The molecular formula is C24H28N2O3. The van der Waals surface area contributed by atoms with Gasteiger partial charge in [-0.05, 0) is 62.4 Å². The van der Waals surface area contributed by atoms with Crippen LogP contribution in [-0.4, -0.2) is 42.1 Å². The van der Waals surface area contributed by atoms with E-state index in [0.29, 0.717) is 17.4 Å². The predicted octanol–water partition coefficient (Wildman–Crippen LogP) is 4.30. The van der Waals surface area contributed by atoms with Crippen molar-refractivity contribution in [3.63, 3.8) is 0 Å². The number of nitrogens with zero attached hydrogens (tertiary/aromatic N) is 2. The monoisotopic (exact) mass is 392 g/mol. The third kappa shape index (κ3) is 3.67. The quantitative estimate of drug-likeness (QED) is 0.417. The number of esters is 1. The van der Waals surface area contributed by atoms with Crippen molar-refractivity contribution in [2.24, 2.45) is 11.8 Å². The van der Waals surface area contributed by atoms with Gasteiger partial charge in [0, 0.05) is 29.3 Å². The number of ether oxygens (including phenoxy) is 2. The van der Waals surface area contributed by atoms with Gasteiger partial charge >= 0.3 is 5.97 Å². The number of aromatic nitrogens is 1. The van der Waals surface area contributed by atoms with E-state index >= 15 is 0 Å². The maximum Gasteiger partial charge on any atom is 0.333 e. The van der Waals surface area contributed by atoms with E-state index in [1.54, 1.807) is 20.2 Å². The van der Waals surface area contributed by atoms with Gasteiger partial charge in [-0.25, -0.2) is 4.79 Å². The van der Waals surface area contributed by atoms with Gasteiger partial charge < -0.3 is 9.47 Å². The minimum Gasteiger partial charge on any atom is -0.497 e. The van der Waals surface area contributed by atoms with Crippen LogP contribution < -0.4 is 4.74 Å². The summed E-state index contributed by atoms with van der Waals surface area (Å²) in [5, 5.41) is 0.953. The van der Waals surface area contributed by atoms with Crippen molar-refractivity contribution in [1.29, 1.82) is 0 Å². The molecule has 0 aliphatic carbocycles. The van der Waals surface area contributed by atoms with Gasteiger partial charge in [-0.15, -0.1) is 6.58 Å². The van der Waals surface area contributed by atoms with Gasteiger partial charge in [-0.2, -0.15) is 0 Å². The van der Waals surface area contributed by atoms with Gasteiger partial charge in [0.25, 0.3) is 0 Å². The van der Waals surface area contributed by atoms with Crippen LogP contribution in [-0.2, 0) is 9.53 Å². The van der Waals surface area contributed by atoms with Crippen LogP contribution in [0.5, 0.6) is 5.75 Å². The molecule has 0 radical (unpaired) electrons. The third-order valence-electron chi connectivity index (χ3n) is 6.37. The number of carbonyl (C=O) groups is 1. The molecule has 152 valence electrons. The maximum absolute atomic E-state index is 12.6. The molecule has 3 saturated heterocycles. The fourth-order valence-electron chi connectivity index (χ4n) is 4.78. The number of hydrogen-bond donors (Lipinski definition) is 0. The standard InChI is InChI=1S/C24H28N2O3/c1-5-16-14-26-11-9-17(16)12-22(26)23(29-24(27)15(2)3)19-8-10-25-21-7-6-18(28-4)13-20(19)21/h5-8,10,13,16-17,22-23H,1-2,9,11-12,14H2,3-4H3/t16-,17+,22+,23-/m1/s1. The zero-order chi connectivity index (χ0) is 20.5. The van der Waals surface area contributed by atoms with Crippen molar-refractivity contribution < 1.29 is 14.3 Å². The molecule has 0 amide bonds. The number of carbonyl (C=O) groups excluding carboxylic acids is 1. The molecule has 29 heavy (non-hydrogen) atoms. The van der Waals surface area contributed by atoms with Crippen molar-refractivity contribution in [2.75, 3.05) is 20.2 Å². The van der Waals surface area contributed by atoms with Crippen LogP contribution in [0.3, 0.4) is 0 Å². The van der Waals surface area contributed by atoms with Gasteiger partial charge in [0.15, 0.2) is 0 Å². The first-order chi connectivity index (χ1) is 14.0. The highest BCUT2D eigenvalue weighted by atomic mass is 16.5. The Balaban J connectivity index is 1.78. The van der Waals surface area contributed by atoms with Crippen LogP contribution in [0.1, 0.15) is 31.4 Å². The van der Waals surface area contributed by atoms with E-state index in [4.69, 9.17) is 9.47 Å². The lowest BCUT2D eigenvalue weighted by atomic mass is 9.73. The molecule has 3 aliphatic heterocycles. The summed E-state index contributed by atoms with van der Waals surface area (Å²) in [6, 6.07) is 7.91. The lowest BCUT2D eigenvalue weighted by molar-refractivity contribution is -0.152. The van der Waals surface area contributed by atoms with Crippen LogP contribution in [0.2, 0.25) is 0 Å². The van der Waals surface area contributed by atoms with Crippen LogP contribution >= 0.6 is 0 Å². The average molecular weight is 392 g/mol. The molecule has 3 fully saturated rings. The van der Waals surface area contributed by atoms with Crippen LogP contribution in [0, 0.1) is 11.8 Å². The second-order valence-electron chi connectivity index (χ2n) is 8.14. The van der Waals surface area contributed by atoms with E-state index < -0.39 is 0 Å². The van der Waals surface area contributed by atoms with E-state index in [1.807, 2.05) is 24.3 Å². The fourth-order valence-corrected chi connectivity index (χ4v) is 4.78. The summed E-state index contributed by atoms with van der Waals surface area (Å²) in [5.74, 6) is 1.49. The summed E-state index contributed by atoms with van der Waals surface area (Å²) >= 11 is 0. The Morgan fingerprint density at radius 3 is 2.86 bits per heavy atom. The molecule has 2 bridgehead atoms. The Kier molecular flexibility index (Phi) is 5.41. The number of hydrogen-bond acceptors (Lipinski definition) is 5. The highest BCUT2D eigenvalue weighted by Crippen LogP contribution is 2.43. The molecule has 5 rings (SSSR count). The first-order valence-electron chi connectivity index (χ1n) is 10.2. The van der Waals surface area contributed by atoms with Crippen molar-refractivity contribution in [3.8, 4) is 5.75 Å². The molecule has 5 nitrogen and oxygen atoms in total. The first-order valence-corrected chi connectivity index (χ1v) is 10.2. The van der Waals surface area contributed by atoms with Crippen LogP contribution in [0.4, 0.5) is 0 Å². The number of benzene rings is 1. The molecule has 0 saturated carbocycles. The summed E-state index contributed by atoms with van der Waals surface area (Å²) in [6.07, 6.45) is 5.63. The third-order valence-corrected chi connectivity index (χ3v) is 6.37. The Morgan fingerprint density at radius 2 is 2.21 bits per heavy atom. The lowest BCUT2D eigenvalue weighted by Gasteiger charge is -2.51. The van der Waals surface area contributed by atoms with Crippen molar-refractivity contribution in [2.45, 2.75) is 31.9 Å². The molecule has 1 unspecified atom stereocenters. The van der Waals surface area contributed by atoms with Gasteiger partial charge in [-0.3, -0.25) is 9.88 Å². The zero-order valence-corrected chi connectivity index (χ0v) is 17.1. The van der Waals surface area contributed by atoms with Crippen LogP contribution in [0.15, 0.2) is 55.3 Å². The minimum absolute atomic E-state index is 0.130. The summed E-state index contributed by atoms with van der Waals surface area (Å²) in [6.45, 7) is 11.5. The van der Waals surface area contributed by atoms with E-state index in [0.717, 1.165) is 41.7 Å². The molecule has 1 aromatic carbocycles. The SMILES string of the molecule is C=C[C@@H]1CN2CC[C@H]1C[C@H]2[C@H](OC(=O)C(=C)C)c1ccnc2ccc(OC)cc12. The molecule has 4 heterocycles. The normalized spacial score (nSPS) is 26.7. The highest BCUT2D eigenvalue weighted by molar-refractivity contribution is 5.88. The highest BCUT2D eigenvalue weighted by Gasteiger charge is 2.44. The Hall–Kier alpha value is -2.66. The Bertz CT molecular complexity index is 954. The summed E-state index contributed by atoms with van der Waals surface area (Å²) < 4.78 is 11.5. The molecule has 5 heteroatoms. The molecule has 5 atom stereocenters. The van der Waals surface area contributed by atoms with E-state index in [-0.39, 0.29) is 18.1 Å². The van der Waals surface area contributed by atoms with Crippen molar-refractivity contribution in [3.05, 3.63) is 60.8 Å². The van der Waals surface area contributed by atoms with Gasteiger partial charge in [0.2, 0.25) is 0 Å². The Morgan fingerprint density at radius 1 is 1.38 bits per heavy atom. The van der Waals surface area contributed by atoms with Crippen LogP contribution in [0.25, 0.3) is 10.9 Å². The first kappa shape index (κ1) is 19.6. The number of fused-ring (bicyclic) bond motifs is 4. The number of pyridine rings is 1. The number of rotatable bonds is 6. The largest absolute Gasteiger partial charge is 0.497 e. The number of piperidine rings is 3. The van der Waals surface area contributed by atoms with E-state index in [2.05, 4.69) is 29.1 Å². The van der Waals surface area contributed by atoms with E-state index in [1.165, 1.54) is 6.42 Å². The maximum atomic E-state index is 12.6. The predicted molar refractivity (Wildman–Crippen MR) is 114 cm³/mol. The Labute approximate surface area is 172 Å². The second-order valence-corrected chi connectivity index (χ2v) is 8.14. The van der Waals surface area contributed by atoms with Gasteiger partial charge in [0.05, 0.1) is 18.7 Å². The fraction of sp³-hybridized carbons (Fsp3) is 0.417. The zero-order valence-electron chi connectivity index (χ0n) is 17.1. The summed E-state index contributed by atoms with van der Waals surface area (Å²) in [7, 11) is 1.65. The molecule has 2 aromatic rings.